The van der Waals surface area contributed by atoms with Crippen molar-refractivity contribution >= 4 is 17.0 Å². The van der Waals surface area contributed by atoms with Crippen LogP contribution in [0.4, 0.5) is 0 Å². The van der Waals surface area contributed by atoms with E-state index in [9.17, 15) is 0 Å². The van der Waals surface area contributed by atoms with Crippen molar-refractivity contribution in [3.63, 3.8) is 0 Å². The molecule has 1 aromatic rings. The molecule has 1 rings (SSSR count). The summed E-state index contributed by atoms with van der Waals surface area (Å²) in [6, 6.07) is 2.05. The summed E-state index contributed by atoms with van der Waals surface area (Å²) in [6.45, 7) is 3.30. The Morgan fingerprint density at radius 2 is 2.20 bits per heavy atom. The Morgan fingerprint density at radius 1 is 1.50 bits per heavy atom. The minimum absolute atomic E-state index is 0. The van der Waals surface area contributed by atoms with Gasteiger partial charge in [0.1, 0.15) is 0 Å². The number of hydrogen-bond donors (Lipinski definition) is 0. The Morgan fingerprint density at radius 3 is 2.60 bits per heavy atom. The number of hydrogen-bond acceptors (Lipinski definition) is 0. The molecule has 0 unspecified atom stereocenters. The van der Waals surface area contributed by atoms with Crippen molar-refractivity contribution in [2.45, 2.75) is 19.9 Å². The lowest BCUT2D eigenvalue weighted by Crippen LogP contribution is -2.37. The van der Waals surface area contributed by atoms with Crippen LogP contribution in [0.5, 0.6) is 0 Å². The lowest BCUT2D eigenvalue weighted by atomic mass is 10.5. The van der Waals surface area contributed by atoms with Crippen molar-refractivity contribution in [3.05, 3.63) is 18.5 Å². The standard InChI is InChI=1S/C7H13N2.BrH/c1-3-5-9-7-4-6-8(9)2;/h4,6-7H,3,5H2,1-2H3;1H/q+1;. The fourth-order valence-corrected chi connectivity index (χ4v) is 0.915. The molecule has 0 aliphatic carbocycles. The van der Waals surface area contributed by atoms with Crippen molar-refractivity contribution in [2.24, 2.45) is 7.05 Å². The van der Waals surface area contributed by atoms with Gasteiger partial charge in [0, 0.05) is 6.07 Å². The largest absolute Gasteiger partial charge is 0.195 e. The van der Waals surface area contributed by atoms with Gasteiger partial charge in [-0.2, -0.15) is 4.68 Å². The van der Waals surface area contributed by atoms with E-state index < -0.39 is 0 Å². The van der Waals surface area contributed by atoms with Crippen LogP contribution in [0, 0.1) is 0 Å². The Kier molecular flexibility index (Phi) is 4.36. The van der Waals surface area contributed by atoms with E-state index >= 15 is 0 Å². The van der Waals surface area contributed by atoms with Gasteiger partial charge in [0.2, 0.25) is 0 Å². The molecule has 1 aromatic heterocycles. The fourth-order valence-electron chi connectivity index (χ4n) is 0.915. The maximum Gasteiger partial charge on any atom is 0.195 e. The summed E-state index contributed by atoms with van der Waals surface area (Å²) in [7, 11) is 2.05. The molecule has 0 aliphatic heterocycles. The average molecular weight is 206 g/mol. The van der Waals surface area contributed by atoms with E-state index in [0.29, 0.717) is 0 Å². The zero-order chi connectivity index (χ0) is 6.69. The highest BCUT2D eigenvalue weighted by molar-refractivity contribution is 8.93. The molecule has 0 amide bonds. The van der Waals surface area contributed by atoms with Crippen LogP contribution in [-0.2, 0) is 13.6 Å². The fraction of sp³-hybridized carbons (Fsp3) is 0.571. The Bertz CT molecular complexity index is 183. The molecule has 0 spiro atoms. The van der Waals surface area contributed by atoms with E-state index in [1.807, 2.05) is 0 Å². The molecule has 0 fully saturated rings. The molecule has 10 heavy (non-hydrogen) atoms. The van der Waals surface area contributed by atoms with Gasteiger partial charge >= 0.3 is 0 Å². The van der Waals surface area contributed by atoms with Gasteiger partial charge in [0.25, 0.3) is 0 Å². The lowest BCUT2D eigenvalue weighted by Gasteiger charge is -1.93. The number of aryl methyl sites for hydroxylation is 2. The van der Waals surface area contributed by atoms with E-state index in [1.165, 1.54) is 6.42 Å². The predicted octanol–water partition coefficient (Wildman–Crippen LogP) is 1.30. The first-order chi connectivity index (χ1) is 4.34. The summed E-state index contributed by atoms with van der Waals surface area (Å²) in [5.41, 5.74) is 0. The first kappa shape index (κ1) is 9.69. The van der Waals surface area contributed by atoms with Gasteiger partial charge in [-0.1, -0.05) is 6.92 Å². The van der Waals surface area contributed by atoms with Gasteiger partial charge in [-0.3, -0.25) is 0 Å². The van der Waals surface area contributed by atoms with Gasteiger partial charge in [-0.05, 0) is 6.42 Å². The monoisotopic (exact) mass is 205 g/mol. The number of halogens is 1. The summed E-state index contributed by atoms with van der Waals surface area (Å²) >= 11 is 0. The third-order valence-electron chi connectivity index (χ3n) is 1.42. The minimum atomic E-state index is 0. The molecule has 0 bridgehead atoms. The van der Waals surface area contributed by atoms with E-state index in [0.717, 1.165) is 6.54 Å². The third-order valence-corrected chi connectivity index (χ3v) is 1.42. The van der Waals surface area contributed by atoms with Crippen LogP contribution in [0.1, 0.15) is 13.3 Å². The number of rotatable bonds is 2. The van der Waals surface area contributed by atoms with Crippen LogP contribution in [0.3, 0.4) is 0 Å². The highest BCUT2D eigenvalue weighted by atomic mass is 79.9. The van der Waals surface area contributed by atoms with Gasteiger partial charge in [-0.15, -0.1) is 21.7 Å². The molecule has 0 saturated heterocycles. The van der Waals surface area contributed by atoms with E-state index in [4.69, 9.17) is 0 Å². The van der Waals surface area contributed by atoms with Crippen LogP contribution in [-0.4, -0.2) is 4.68 Å². The molecule has 0 atom stereocenters. The molecule has 0 aromatic carbocycles. The maximum atomic E-state index is 2.18. The highest BCUT2D eigenvalue weighted by Gasteiger charge is 1.96. The molecular weight excluding hydrogens is 192 g/mol. The molecule has 0 radical (unpaired) electrons. The van der Waals surface area contributed by atoms with Crippen molar-refractivity contribution in [1.29, 1.82) is 0 Å². The lowest BCUT2D eigenvalue weighted by molar-refractivity contribution is -0.753. The quantitative estimate of drug-likeness (QED) is 0.645. The predicted molar refractivity (Wildman–Crippen MR) is 46.2 cm³/mol. The van der Waals surface area contributed by atoms with Gasteiger partial charge in [0.15, 0.2) is 13.2 Å². The molecule has 0 saturated carbocycles. The molecule has 2 nitrogen and oxygen atoms in total. The molecule has 0 N–H and O–H groups in total. The van der Waals surface area contributed by atoms with Crippen molar-refractivity contribution in [2.75, 3.05) is 0 Å². The normalized spacial score (nSPS) is 9.00. The van der Waals surface area contributed by atoms with Gasteiger partial charge in [0.05, 0.1) is 12.7 Å². The second kappa shape index (κ2) is 4.50. The SMILES string of the molecule is Br.CCCn1ccc[n+]1C. The van der Waals surface area contributed by atoms with E-state index in [2.05, 4.69) is 41.8 Å². The Hall–Kier alpha value is -0.310. The Labute approximate surface area is 72.2 Å². The smallest absolute Gasteiger partial charge is 0.161 e. The topological polar surface area (TPSA) is 8.81 Å². The average Bonchev–Trinajstić information content (AvgIpc) is 2.18. The zero-order valence-electron chi connectivity index (χ0n) is 6.45. The first-order valence-electron chi connectivity index (χ1n) is 3.35. The molecule has 0 aliphatic rings. The number of nitrogens with zero attached hydrogens (tertiary/aromatic N) is 2. The van der Waals surface area contributed by atoms with Crippen LogP contribution in [0.25, 0.3) is 0 Å². The second-order valence-electron chi connectivity index (χ2n) is 2.23. The van der Waals surface area contributed by atoms with Gasteiger partial charge < -0.3 is 0 Å². The first-order valence-corrected chi connectivity index (χ1v) is 3.35. The maximum absolute atomic E-state index is 2.18. The van der Waals surface area contributed by atoms with Crippen molar-refractivity contribution in [3.8, 4) is 0 Å². The minimum Gasteiger partial charge on any atom is -0.161 e. The van der Waals surface area contributed by atoms with Crippen LogP contribution in [0.15, 0.2) is 18.5 Å². The van der Waals surface area contributed by atoms with Gasteiger partial charge in [-0.25, -0.2) is 0 Å². The summed E-state index contributed by atoms with van der Waals surface area (Å²) in [4.78, 5) is 0. The van der Waals surface area contributed by atoms with Crippen LogP contribution >= 0.6 is 17.0 Å². The summed E-state index contributed by atoms with van der Waals surface area (Å²) in [6.07, 6.45) is 5.33. The molecule has 58 valence electrons. The van der Waals surface area contributed by atoms with Crippen molar-refractivity contribution < 1.29 is 4.68 Å². The van der Waals surface area contributed by atoms with Crippen LogP contribution in [0.2, 0.25) is 0 Å². The van der Waals surface area contributed by atoms with Crippen molar-refractivity contribution in [1.82, 2.24) is 4.68 Å². The number of aromatic nitrogens is 2. The van der Waals surface area contributed by atoms with Crippen LogP contribution < -0.4 is 4.68 Å². The van der Waals surface area contributed by atoms with E-state index in [-0.39, 0.29) is 17.0 Å². The third kappa shape index (κ3) is 2.14. The molecule has 1 heterocycles. The summed E-state index contributed by atoms with van der Waals surface area (Å²) in [5, 5.41) is 0. The zero-order valence-corrected chi connectivity index (χ0v) is 8.16. The Balaban J connectivity index is 0.000000810. The molecule has 3 heteroatoms. The summed E-state index contributed by atoms with van der Waals surface area (Å²) in [5.74, 6) is 0. The highest BCUT2D eigenvalue weighted by Crippen LogP contribution is 1.83. The second-order valence-corrected chi connectivity index (χ2v) is 2.23. The summed E-state index contributed by atoms with van der Waals surface area (Å²) < 4.78 is 4.27. The molecular formula is C7H14BrN2+. The van der Waals surface area contributed by atoms with E-state index in [1.54, 1.807) is 0 Å².